The van der Waals surface area contributed by atoms with E-state index in [2.05, 4.69) is 43.5 Å². The first-order chi connectivity index (χ1) is 27.9. The minimum absolute atomic E-state index is 0.0739. The lowest BCUT2D eigenvalue weighted by molar-refractivity contribution is -0.123. The Morgan fingerprint density at radius 3 is 1.35 bits per heavy atom. The number of hydrogen-bond acceptors (Lipinski definition) is 6. The summed E-state index contributed by atoms with van der Waals surface area (Å²) in [6.07, 6.45) is 53.5. The molecule has 3 atom stereocenters. The zero-order valence-corrected chi connectivity index (χ0v) is 38.2. The van der Waals surface area contributed by atoms with E-state index in [1.807, 2.05) is 6.08 Å². The highest BCUT2D eigenvalue weighted by atomic mass is 31.2. The van der Waals surface area contributed by atoms with Gasteiger partial charge in [-0.05, 0) is 57.8 Å². The van der Waals surface area contributed by atoms with Gasteiger partial charge < -0.3 is 21.1 Å². The number of phosphoric acid groups is 1. The van der Waals surface area contributed by atoms with E-state index in [-0.39, 0.29) is 25.7 Å². The molecular weight excluding hydrogens is 732 g/mol. The second kappa shape index (κ2) is 44.3. The first-order valence-electron chi connectivity index (χ1n) is 24.1. The smallest absolute Gasteiger partial charge is 0.387 e. The Labute approximate surface area is 352 Å². The van der Waals surface area contributed by atoms with Crippen LogP contribution in [0, 0.1) is 0 Å². The standard InChI is InChI=1S/C48H93N2O6P/c1-3-5-7-9-11-13-15-17-19-21-22-23-24-26-28-30-32-34-36-38-40-42-48(52)50-46(45-56-57(53,54)55-44-43-49)47(51)41-39-37-35-33-31-29-27-25-20-18-16-14-12-10-8-6-4-2/h21-22,31,33,39,41,46-47,51H,3-20,23-30,32,34-38,40,42-45,49H2,1-2H3,(H,50,52)(H,53,54)/b22-21-,33-31+,41-39+. The van der Waals surface area contributed by atoms with E-state index < -0.39 is 20.0 Å². The topological polar surface area (TPSA) is 131 Å². The highest BCUT2D eigenvalue weighted by molar-refractivity contribution is 7.47. The Kier molecular flexibility index (Phi) is 43.3. The maximum absolute atomic E-state index is 12.8. The summed E-state index contributed by atoms with van der Waals surface area (Å²) < 4.78 is 22.2. The lowest BCUT2D eigenvalue weighted by Crippen LogP contribution is -2.45. The van der Waals surface area contributed by atoms with Crippen molar-refractivity contribution in [2.24, 2.45) is 5.73 Å². The van der Waals surface area contributed by atoms with Gasteiger partial charge in [0.1, 0.15) is 0 Å². The molecule has 1 amide bonds. The molecule has 0 spiro atoms. The van der Waals surface area contributed by atoms with Gasteiger partial charge in [0.25, 0.3) is 0 Å². The predicted molar refractivity (Wildman–Crippen MR) is 244 cm³/mol. The first-order valence-corrected chi connectivity index (χ1v) is 25.6. The third kappa shape index (κ3) is 42.6. The molecule has 0 rings (SSSR count). The fourth-order valence-electron chi connectivity index (χ4n) is 7.03. The van der Waals surface area contributed by atoms with Crippen molar-refractivity contribution in [3.8, 4) is 0 Å². The van der Waals surface area contributed by atoms with Gasteiger partial charge in [-0.1, -0.05) is 204 Å². The van der Waals surface area contributed by atoms with Crippen molar-refractivity contribution in [2.75, 3.05) is 19.8 Å². The molecule has 0 heterocycles. The summed E-state index contributed by atoms with van der Waals surface area (Å²) in [6.45, 7) is 4.13. The van der Waals surface area contributed by atoms with Gasteiger partial charge in [-0.25, -0.2) is 4.57 Å². The lowest BCUT2D eigenvalue weighted by atomic mass is 10.0. The monoisotopic (exact) mass is 825 g/mol. The number of phosphoric ester groups is 1. The highest BCUT2D eigenvalue weighted by Gasteiger charge is 2.26. The van der Waals surface area contributed by atoms with Crippen molar-refractivity contribution in [1.29, 1.82) is 0 Å². The van der Waals surface area contributed by atoms with E-state index >= 15 is 0 Å². The van der Waals surface area contributed by atoms with Crippen LogP contribution in [0.15, 0.2) is 36.5 Å². The first kappa shape index (κ1) is 55.7. The molecule has 0 saturated heterocycles. The van der Waals surface area contributed by atoms with Gasteiger partial charge >= 0.3 is 7.82 Å². The van der Waals surface area contributed by atoms with Gasteiger partial charge in [-0.3, -0.25) is 13.8 Å². The third-order valence-electron chi connectivity index (χ3n) is 10.7. The van der Waals surface area contributed by atoms with Gasteiger partial charge in [0, 0.05) is 13.0 Å². The van der Waals surface area contributed by atoms with Crippen LogP contribution in [0.2, 0.25) is 0 Å². The van der Waals surface area contributed by atoms with Crippen LogP contribution in [0.5, 0.6) is 0 Å². The molecular formula is C48H93N2O6P. The van der Waals surface area contributed by atoms with Crippen LogP contribution in [0.1, 0.15) is 232 Å². The van der Waals surface area contributed by atoms with E-state index in [1.54, 1.807) is 6.08 Å². The Morgan fingerprint density at radius 2 is 0.930 bits per heavy atom. The number of aliphatic hydroxyl groups is 1. The van der Waals surface area contributed by atoms with Gasteiger partial charge in [0.05, 0.1) is 25.4 Å². The third-order valence-corrected chi connectivity index (χ3v) is 11.7. The van der Waals surface area contributed by atoms with Crippen LogP contribution in [0.3, 0.4) is 0 Å². The number of hydrogen-bond donors (Lipinski definition) is 4. The molecule has 9 heteroatoms. The van der Waals surface area contributed by atoms with Crippen LogP contribution in [0.4, 0.5) is 0 Å². The van der Waals surface area contributed by atoms with Crippen LogP contribution in [0.25, 0.3) is 0 Å². The van der Waals surface area contributed by atoms with E-state index in [4.69, 9.17) is 14.8 Å². The average molecular weight is 825 g/mol. The van der Waals surface area contributed by atoms with Crippen molar-refractivity contribution in [2.45, 2.75) is 244 Å². The number of nitrogens with two attached hydrogens (primary N) is 1. The maximum Gasteiger partial charge on any atom is 0.472 e. The molecule has 336 valence electrons. The van der Waals surface area contributed by atoms with Crippen molar-refractivity contribution in [3.63, 3.8) is 0 Å². The van der Waals surface area contributed by atoms with Crippen LogP contribution < -0.4 is 11.1 Å². The molecule has 0 radical (unpaired) electrons. The molecule has 0 bridgehead atoms. The Hall–Kier alpha value is -1.28. The summed E-state index contributed by atoms with van der Waals surface area (Å²) in [4.78, 5) is 22.8. The predicted octanol–water partition coefficient (Wildman–Crippen LogP) is 13.9. The number of carbonyl (C=O) groups is 1. The summed E-state index contributed by atoms with van der Waals surface area (Å²) in [5.74, 6) is -0.205. The largest absolute Gasteiger partial charge is 0.472 e. The Bertz CT molecular complexity index is 990. The minimum Gasteiger partial charge on any atom is -0.387 e. The van der Waals surface area contributed by atoms with Crippen molar-refractivity contribution in [3.05, 3.63) is 36.5 Å². The molecule has 0 aliphatic rings. The van der Waals surface area contributed by atoms with E-state index in [0.717, 1.165) is 38.5 Å². The number of allylic oxidation sites excluding steroid dienone is 5. The van der Waals surface area contributed by atoms with E-state index in [1.165, 1.54) is 173 Å². The average Bonchev–Trinajstić information content (AvgIpc) is 3.20. The molecule has 0 fully saturated rings. The minimum atomic E-state index is -4.35. The fraction of sp³-hybridized carbons (Fsp3) is 0.854. The van der Waals surface area contributed by atoms with E-state index in [0.29, 0.717) is 6.42 Å². The summed E-state index contributed by atoms with van der Waals surface area (Å²) in [6, 6.07) is -0.877. The van der Waals surface area contributed by atoms with Crippen LogP contribution in [-0.4, -0.2) is 47.8 Å². The van der Waals surface area contributed by atoms with Gasteiger partial charge in [-0.15, -0.1) is 0 Å². The number of nitrogens with one attached hydrogen (secondary N) is 1. The highest BCUT2D eigenvalue weighted by Crippen LogP contribution is 2.43. The number of aliphatic hydroxyl groups excluding tert-OH is 1. The number of carbonyl (C=O) groups excluding carboxylic acids is 1. The molecule has 8 nitrogen and oxygen atoms in total. The molecule has 3 unspecified atom stereocenters. The molecule has 0 aromatic carbocycles. The van der Waals surface area contributed by atoms with Crippen molar-refractivity contribution < 1.29 is 28.4 Å². The van der Waals surface area contributed by atoms with Crippen molar-refractivity contribution in [1.82, 2.24) is 5.32 Å². The number of amides is 1. The summed E-state index contributed by atoms with van der Waals surface area (Å²) in [5, 5.41) is 13.7. The SMILES string of the molecule is CCCCCCCCCC/C=C\CCCCCCCCCCCC(=O)NC(COP(=O)(O)OCCN)C(O)/C=C/CC/C=C/CCCCCCCCCCCCC. The molecule has 0 aromatic rings. The van der Waals surface area contributed by atoms with Gasteiger partial charge in [0.15, 0.2) is 0 Å². The number of rotatable bonds is 45. The fourth-order valence-corrected chi connectivity index (χ4v) is 7.79. The molecule has 0 aromatic heterocycles. The molecule has 0 aliphatic carbocycles. The van der Waals surface area contributed by atoms with Crippen molar-refractivity contribution >= 4 is 13.7 Å². The Balaban J connectivity index is 4.17. The summed E-state index contributed by atoms with van der Waals surface area (Å²) in [5.41, 5.74) is 5.38. The van der Waals surface area contributed by atoms with Gasteiger partial charge in [0.2, 0.25) is 5.91 Å². The van der Waals surface area contributed by atoms with Crippen LogP contribution in [-0.2, 0) is 18.4 Å². The second-order valence-corrected chi connectivity index (χ2v) is 17.8. The second-order valence-electron chi connectivity index (χ2n) is 16.3. The normalized spacial score (nSPS) is 14.3. The molecule has 0 aliphatic heterocycles. The Morgan fingerprint density at radius 1 is 0.561 bits per heavy atom. The number of unbranched alkanes of at least 4 members (excludes halogenated alkanes) is 29. The maximum atomic E-state index is 12.8. The quantitative estimate of drug-likeness (QED) is 0.0273. The summed E-state index contributed by atoms with van der Waals surface area (Å²) >= 11 is 0. The summed E-state index contributed by atoms with van der Waals surface area (Å²) in [7, 11) is -4.35. The molecule has 57 heavy (non-hydrogen) atoms. The lowest BCUT2D eigenvalue weighted by Gasteiger charge is -2.23. The van der Waals surface area contributed by atoms with Gasteiger partial charge in [-0.2, -0.15) is 0 Å². The zero-order valence-electron chi connectivity index (χ0n) is 37.3. The molecule has 5 N–H and O–H groups in total. The molecule has 0 saturated carbocycles. The zero-order chi connectivity index (χ0) is 41.8. The van der Waals surface area contributed by atoms with E-state index in [9.17, 15) is 19.4 Å². The van der Waals surface area contributed by atoms with Crippen LogP contribution >= 0.6 is 7.82 Å².